The standard InChI is InChI=1S/C16H32N2/c1-16(2,3)17-11-4-5-12-18-13-7-9-14-8-6-10-15(14)18/h14-15,17H,4-13H2,1-3H3. The van der Waals surface area contributed by atoms with Crippen LogP contribution >= 0.6 is 0 Å². The van der Waals surface area contributed by atoms with E-state index in [4.69, 9.17) is 0 Å². The van der Waals surface area contributed by atoms with Gasteiger partial charge in [0.15, 0.2) is 0 Å². The monoisotopic (exact) mass is 252 g/mol. The summed E-state index contributed by atoms with van der Waals surface area (Å²) in [6, 6.07) is 0.953. The van der Waals surface area contributed by atoms with Gasteiger partial charge in [0.25, 0.3) is 0 Å². The summed E-state index contributed by atoms with van der Waals surface area (Å²) in [7, 11) is 0. The zero-order valence-electron chi connectivity index (χ0n) is 12.7. The quantitative estimate of drug-likeness (QED) is 0.754. The maximum Gasteiger partial charge on any atom is 0.0123 e. The molecule has 0 amide bonds. The van der Waals surface area contributed by atoms with E-state index < -0.39 is 0 Å². The second-order valence-corrected chi connectivity index (χ2v) is 7.32. The van der Waals surface area contributed by atoms with Crippen molar-refractivity contribution in [2.24, 2.45) is 5.92 Å². The molecule has 2 unspecified atom stereocenters. The summed E-state index contributed by atoms with van der Waals surface area (Å²) in [5.41, 5.74) is 0.279. The topological polar surface area (TPSA) is 15.3 Å². The van der Waals surface area contributed by atoms with Crippen LogP contribution in [-0.4, -0.2) is 36.1 Å². The third-order valence-corrected chi connectivity index (χ3v) is 4.64. The van der Waals surface area contributed by atoms with E-state index in [0.717, 1.165) is 12.0 Å². The summed E-state index contributed by atoms with van der Waals surface area (Å²) in [5, 5.41) is 3.59. The zero-order chi connectivity index (χ0) is 13.0. The van der Waals surface area contributed by atoms with Crippen LogP contribution in [0.4, 0.5) is 0 Å². The summed E-state index contributed by atoms with van der Waals surface area (Å²) in [6.45, 7) is 10.6. The Bertz CT molecular complexity index is 244. The van der Waals surface area contributed by atoms with Crippen molar-refractivity contribution in [2.75, 3.05) is 19.6 Å². The molecule has 2 heteroatoms. The molecule has 18 heavy (non-hydrogen) atoms. The predicted octanol–water partition coefficient (Wildman–Crippen LogP) is 3.42. The highest BCUT2D eigenvalue weighted by Crippen LogP contribution is 2.36. The van der Waals surface area contributed by atoms with Crippen molar-refractivity contribution in [3.63, 3.8) is 0 Å². The van der Waals surface area contributed by atoms with Gasteiger partial charge >= 0.3 is 0 Å². The van der Waals surface area contributed by atoms with E-state index in [1.165, 1.54) is 64.6 Å². The van der Waals surface area contributed by atoms with Crippen LogP contribution in [0.1, 0.15) is 65.7 Å². The molecule has 0 spiro atoms. The molecular formula is C16H32N2. The molecule has 2 nitrogen and oxygen atoms in total. The molecule has 0 aromatic rings. The second-order valence-electron chi connectivity index (χ2n) is 7.32. The van der Waals surface area contributed by atoms with E-state index in [2.05, 4.69) is 31.0 Å². The van der Waals surface area contributed by atoms with Crippen LogP contribution in [0.3, 0.4) is 0 Å². The van der Waals surface area contributed by atoms with E-state index >= 15 is 0 Å². The second kappa shape index (κ2) is 6.38. The zero-order valence-corrected chi connectivity index (χ0v) is 12.7. The molecule has 1 N–H and O–H groups in total. The molecule has 1 saturated carbocycles. The van der Waals surface area contributed by atoms with Gasteiger partial charge in [0.1, 0.15) is 0 Å². The molecule has 2 atom stereocenters. The average Bonchev–Trinajstić information content (AvgIpc) is 2.75. The van der Waals surface area contributed by atoms with Crippen LogP contribution in [-0.2, 0) is 0 Å². The number of fused-ring (bicyclic) bond motifs is 1. The molecule has 0 aromatic heterocycles. The lowest BCUT2D eigenvalue weighted by Gasteiger charge is -2.37. The highest BCUT2D eigenvalue weighted by Gasteiger charge is 2.34. The van der Waals surface area contributed by atoms with Gasteiger partial charge in [-0.2, -0.15) is 0 Å². The predicted molar refractivity (Wildman–Crippen MR) is 78.9 cm³/mol. The Labute approximate surface area is 114 Å². The van der Waals surface area contributed by atoms with Gasteiger partial charge in [-0.15, -0.1) is 0 Å². The van der Waals surface area contributed by atoms with Crippen molar-refractivity contribution in [3.8, 4) is 0 Å². The smallest absolute Gasteiger partial charge is 0.0123 e. The Balaban J connectivity index is 1.61. The SMILES string of the molecule is CC(C)(C)NCCCCN1CCCC2CCCC21. The third kappa shape index (κ3) is 4.24. The molecule has 1 heterocycles. The molecule has 2 rings (SSSR count). The van der Waals surface area contributed by atoms with Gasteiger partial charge in [-0.3, -0.25) is 0 Å². The number of likely N-dealkylation sites (tertiary alicyclic amines) is 1. The lowest BCUT2D eigenvalue weighted by atomic mass is 9.92. The van der Waals surface area contributed by atoms with Crippen LogP contribution < -0.4 is 5.32 Å². The summed E-state index contributed by atoms with van der Waals surface area (Å²) >= 11 is 0. The maximum absolute atomic E-state index is 3.59. The molecule has 1 aliphatic carbocycles. The van der Waals surface area contributed by atoms with Gasteiger partial charge in [0, 0.05) is 11.6 Å². The van der Waals surface area contributed by atoms with Crippen molar-refractivity contribution in [2.45, 2.75) is 77.3 Å². The summed E-state index contributed by atoms with van der Waals surface area (Å²) < 4.78 is 0. The first-order valence-electron chi connectivity index (χ1n) is 8.05. The van der Waals surface area contributed by atoms with Crippen molar-refractivity contribution in [1.29, 1.82) is 0 Å². The van der Waals surface area contributed by atoms with Crippen molar-refractivity contribution in [3.05, 3.63) is 0 Å². The van der Waals surface area contributed by atoms with Crippen molar-refractivity contribution < 1.29 is 0 Å². The summed E-state index contributed by atoms with van der Waals surface area (Å²) in [4.78, 5) is 2.80. The highest BCUT2D eigenvalue weighted by molar-refractivity contribution is 4.88. The first-order chi connectivity index (χ1) is 8.56. The van der Waals surface area contributed by atoms with Gasteiger partial charge < -0.3 is 10.2 Å². The number of unbranched alkanes of at least 4 members (excludes halogenated alkanes) is 1. The van der Waals surface area contributed by atoms with Crippen LogP contribution in [0.15, 0.2) is 0 Å². The van der Waals surface area contributed by atoms with E-state index in [1.54, 1.807) is 0 Å². The van der Waals surface area contributed by atoms with Crippen molar-refractivity contribution >= 4 is 0 Å². The molecule has 0 radical (unpaired) electrons. The number of hydrogen-bond donors (Lipinski definition) is 1. The van der Waals surface area contributed by atoms with Crippen LogP contribution in [0.5, 0.6) is 0 Å². The largest absolute Gasteiger partial charge is 0.312 e. The summed E-state index contributed by atoms with van der Waals surface area (Å²) in [5.74, 6) is 1.05. The fourth-order valence-electron chi connectivity index (χ4n) is 3.74. The van der Waals surface area contributed by atoms with Gasteiger partial charge in [-0.1, -0.05) is 6.42 Å². The fourth-order valence-corrected chi connectivity index (χ4v) is 3.74. The maximum atomic E-state index is 3.59. The molecule has 2 aliphatic rings. The Morgan fingerprint density at radius 2 is 1.83 bits per heavy atom. The van der Waals surface area contributed by atoms with Gasteiger partial charge in [0.05, 0.1) is 0 Å². The van der Waals surface area contributed by atoms with Crippen molar-refractivity contribution in [1.82, 2.24) is 10.2 Å². The molecule has 1 saturated heterocycles. The van der Waals surface area contributed by atoms with E-state index in [1.807, 2.05) is 0 Å². The average molecular weight is 252 g/mol. The first-order valence-corrected chi connectivity index (χ1v) is 8.05. The Hall–Kier alpha value is -0.0800. The van der Waals surface area contributed by atoms with Gasteiger partial charge in [-0.25, -0.2) is 0 Å². The molecule has 106 valence electrons. The lowest BCUT2D eigenvalue weighted by Crippen LogP contribution is -2.43. The first kappa shape index (κ1) is 14.3. The molecule has 2 fully saturated rings. The minimum atomic E-state index is 0.279. The molecule has 0 aromatic carbocycles. The number of hydrogen-bond acceptors (Lipinski definition) is 2. The van der Waals surface area contributed by atoms with Gasteiger partial charge in [0.2, 0.25) is 0 Å². The molecule has 1 aliphatic heterocycles. The van der Waals surface area contributed by atoms with Gasteiger partial charge in [-0.05, 0) is 84.8 Å². The Morgan fingerprint density at radius 1 is 1.06 bits per heavy atom. The van der Waals surface area contributed by atoms with Crippen LogP contribution in [0.2, 0.25) is 0 Å². The van der Waals surface area contributed by atoms with E-state index in [9.17, 15) is 0 Å². The Kier molecular flexibility index (Phi) is 5.08. The highest BCUT2D eigenvalue weighted by atomic mass is 15.2. The fraction of sp³-hybridized carbons (Fsp3) is 1.00. The third-order valence-electron chi connectivity index (χ3n) is 4.64. The molecular weight excluding hydrogens is 220 g/mol. The minimum Gasteiger partial charge on any atom is -0.312 e. The normalized spacial score (nSPS) is 29.5. The molecule has 0 bridgehead atoms. The minimum absolute atomic E-state index is 0.279. The number of piperidine rings is 1. The lowest BCUT2D eigenvalue weighted by molar-refractivity contribution is 0.111. The number of nitrogens with one attached hydrogen (secondary N) is 1. The number of rotatable bonds is 5. The van der Waals surface area contributed by atoms with E-state index in [0.29, 0.717) is 0 Å². The summed E-state index contributed by atoms with van der Waals surface area (Å²) in [6.07, 6.45) is 10.1. The van der Waals surface area contributed by atoms with E-state index in [-0.39, 0.29) is 5.54 Å². The van der Waals surface area contributed by atoms with Crippen LogP contribution in [0, 0.1) is 5.92 Å². The van der Waals surface area contributed by atoms with Crippen LogP contribution in [0.25, 0.3) is 0 Å². The Morgan fingerprint density at radius 3 is 2.61 bits per heavy atom. The number of nitrogens with zero attached hydrogens (tertiary/aromatic N) is 1.